The van der Waals surface area contributed by atoms with Gasteiger partial charge in [-0.3, -0.25) is 28.9 Å². The molecule has 2 atom stereocenters. The number of carbonyl (C=O) groups excluding carboxylic acids is 2. The number of benzene rings is 1. The number of aryl methyl sites for hydroxylation is 1. The molecule has 2 amide bonds. The minimum atomic E-state index is -0.668. The van der Waals surface area contributed by atoms with E-state index in [2.05, 4.69) is 35.7 Å². The summed E-state index contributed by atoms with van der Waals surface area (Å²) in [5, 5.41) is 2.36. The number of piperidine rings is 1. The van der Waals surface area contributed by atoms with E-state index in [-0.39, 0.29) is 24.1 Å². The number of ether oxygens (including phenoxy) is 1. The van der Waals surface area contributed by atoms with Crippen LogP contribution in [0.2, 0.25) is 13.6 Å². The third-order valence-electron chi connectivity index (χ3n) is 6.70. The summed E-state index contributed by atoms with van der Waals surface area (Å²) in [4.78, 5) is 41.8. The van der Waals surface area contributed by atoms with Crippen molar-refractivity contribution in [3.8, 4) is 0 Å². The minimum Gasteiger partial charge on any atom is -0.374 e. The van der Waals surface area contributed by atoms with Crippen molar-refractivity contribution >= 4 is 29.7 Å². The van der Waals surface area contributed by atoms with Gasteiger partial charge in [-0.2, -0.15) is 0 Å². The van der Waals surface area contributed by atoms with Crippen molar-refractivity contribution in [2.24, 2.45) is 7.05 Å². The maximum atomic E-state index is 13.1. The van der Waals surface area contributed by atoms with Crippen LogP contribution in [0.4, 0.5) is 0 Å². The van der Waals surface area contributed by atoms with E-state index in [4.69, 9.17) is 4.74 Å². The summed E-state index contributed by atoms with van der Waals surface area (Å²) in [6.07, 6.45) is 0.716. The van der Waals surface area contributed by atoms with Crippen molar-refractivity contribution < 1.29 is 14.3 Å². The summed E-state index contributed by atoms with van der Waals surface area (Å²) >= 11 is 0. The van der Waals surface area contributed by atoms with E-state index in [9.17, 15) is 14.4 Å². The monoisotopic (exact) mass is 441 g/mol. The number of imidazole rings is 1. The first-order valence-corrected chi connectivity index (χ1v) is 11.3. The van der Waals surface area contributed by atoms with Gasteiger partial charge in [-0.15, -0.1) is 0 Å². The van der Waals surface area contributed by atoms with E-state index in [0.29, 0.717) is 26.4 Å². The van der Waals surface area contributed by atoms with Gasteiger partial charge in [0.2, 0.25) is 18.7 Å². The highest BCUT2D eigenvalue weighted by Crippen LogP contribution is 2.26. The lowest BCUT2D eigenvalue weighted by Crippen LogP contribution is -2.48. The molecule has 0 saturated carbocycles. The van der Waals surface area contributed by atoms with Crippen LogP contribution < -0.4 is 11.0 Å². The van der Waals surface area contributed by atoms with Crippen LogP contribution in [-0.2, 0) is 27.9 Å². The van der Waals surface area contributed by atoms with Gasteiger partial charge in [0.05, 0.1) is 23.7 Å². The number of para-hydroxylation sites is 1. The summed E-state index contributed by atoms with van der Waals surface area (Å²) in [7, 11) is 3.86. The smallest absolute Gasteiger partial charge is 0.329 e. The second kappa shape index (κ2) is 9.21. The van der Waals surface area contributed by atoms with Crippen LogP contribution >= 0.6 is 0 Å². The SMILES string of the molecule is CB(C)N(C)CC1CN(Cc2cccc3c2n(C)c(=O)n3C2CCC(=O)NC2=O)CCO1. The van der Waals surface area contributed by atoms with Gasteiger partial charge in [0.1, 0.15) is 6.04 Å². The van der Waals surface area contributed by atoms with Crippen molar-refractivity contribution in [1.29, 1.82) is 0 Å². The third-order valence-corrected chi connectivity index (χ3v) is 6.70. The molecule has 0 spiro atoms. The predicted molar refractivity (Wildman–Crippen MR) is 124 cm³/mol. The predicted octanol–water partition coefficient (Wildman–Crippen LogP) is 0.701. The molecule has 3 heterocycles. The quantitative estimate of drug-likeness (QED) is 0.525. The maximum absolute atomic E-state index is 13.1. The Bertz CT molecular complexity index is 1080. The standard InChI is InChI=1S/C22H32BN5O4/c1-23(2)25(3)13-16-14-27(10-11-32-16)12-15-6-5-7-17-20(15)26(4)22(31)28(17)18-8-9-19(29)24-21(18)30/h5-7,16,18H,8-14H2,1-4H3,(H,24,29,30). The first-order chi connectivity index (χ1) is 15.3. The van der Waals surface area contributed by atoms with E-state index in [1.165, 1.54) is 0 Å². The third kappa shape index (κ3) is 4.39. The van der Waals surface area contributed by atoms with Crippen molar-refractivity contribution in [2.45, 2.75) is 45.2 Å². The van der Waals surface area contributed by atoms with Crippen molar-refractivity contribution in [3.05, 3.63) is 34.2 Å². The summed E-state index contributed by atoms with van der Waals surface area (Å²) in [6, 6.07) is 5.19. The van der Waals surface area contributed by atoms with Crippen LogP contribution in [0.25, 0.3) is 11.0 Å². The molecule has 1 aromatic carbocycles. The first kappa shape index (κ1) is 22.8. The average molecular weight is 441 g/mol. The molecule has 1 N–H and O–H groups in total. The topological polar surface area (TPSA) is 88.8 Å². The van der Waals surface area contributed by atoms with Gasteiger partial charge in [-0.25, -0.2) is 4.79 Å². The number of rotatable bonds is 6. The Morgan fingerprint density at radius 1 is 1.25 bits per heavy atom. The second-order valence-corrected chi connectivity index (χ2v) is 9.22. The number of likely N-dealkylation sites (N-methyl/N-ethyl adjacent to an activating group) is 1. The van der Waals surface area contributed by atoms with Crippen molar-refractivity contribution in [1.82, 2.24) is 24.2 Å². The van der Waals surface area contributed by atoms with Crippen LogP contribution in [0, 0.1) is 0 Å². The van der Waals surface area contributed by atoms with Crippen molar-refractivity contribution in [2.75, 3.05) is 33.3 Å². The van der Waals surface area contributed by atoms with Gasteiger partial charge in [-0.1, -0.05) is 25.8 Å². The Kier molecular flexibility index (Phi) is 6.55. The molecule has 0 bridgehead atoms. The maximum Gasteiger partial charge on any atom is 0.329 e. The number of imide groups is 1. The fraction of sp³-hybridized carbons (Fsp3) is 0.591. The van der Waals surface area contributed by atoms with E-state index in [1.54, 1.807) is 16.2 Å². The Balaban J connectivity index is 1.60. The minimum absolute atomic E-state index is 0.146. The molecule has 32 heavy (non-hydrogen) atoms. The van der Waals surface area contributed by atoms with Gasteiger partial charge in [0, 0.05) is 39.6 Å². The van der Waals surface area contributed by atoms with Gasteiger partial charge in [0.25, 0.3) is 0 Å². The van der Waals surface area contributed by atoms with Gasteiger partial charge in [0.15, 0.2) is 0 Å². The summed E-state index contributed by atoms with van der Waals surface area (Å²) in [5.74, 6) is -0.697. The normalized spacial score (nSPS) is 22.5. The highest BCUT2D eigenvalue weighted by Gasteiger charge is 2.32. The number of carbonyl (C=O) groups is 2. The van der Waals surface area contributed by atoms with E-state index < -0.39 is 11.9 Å². The lowest BCUT2D eigenvalue weighted by molar-refractivity contribution is -0.135. The first-order valence-electron chi connectivity index (χ1n) is 11.3. The fourth-order valence-electron chi connectivity index (χ4n) is 4.68. The molecule has 172 valence electrons. The average Bonchev–Trinajstić information content (AvgIpc) is 3.00. The summed E-state index contributed by atoms with van der Waals surface area (Å²) in [6.45, 7) is 8.74. The Labute approximate surface area is 188 Å². The fourth-order valence-corrected chi connectivity index (χ4v) is 4.68. The number of nitrogens with zero attached hydrogens (tertiary/aromatic N) is 4. The Hall–Kier alpha value is -2.43. The number of hydrogen-bond acceptors (Lipinski definition) is 6. The molecular formula is C22H32BN5O4. The number of nitrogens with one attached hydrogen (secondary N) is 1. The zero-order valence-electron chi connectivity index (χ0n) is 19.3. The number of fused-ring (bicyclic) bond motifs is 1. The number of aromatic nitrogens is 2. The lowest BCUT2D eigenvalue weighted by Gasteiger charge is -2.35. The Morgan fingerprint density at radius 2 is 2.03 bits per heavy atom. The van der Waals surface area contributed by atoms with Crippen molar-refractivity contribution in [3.63, 3.8) is 0 Å². The molecule has 9 nitrogen and oxygen atoms in total. The summed E-state index contributed by atoms with van der Waals surface area (Å²) in [5.41, 5.74) is 2.38. The van der Waals surface area contributed by atoms with Crippen LogP contribution in [0.15, 0.2) is 23.0 Å². The van der Waals surface area contributed by atoms with Crippen LogP contribution in [-0.4, -0.2) is 76.9 Å². The van der Waals surface area contributed by atoms with Crippen LogP contribution in [0.1, 0.15) is 24.4 Å². The Morgan fingerprint density at radius 3 is 2.75 bits per heavy atom. The molecule has 4 rings (SSSR count). The molecule has 2 unspecified atom stereocenters. The molecule has 2 aliphatic heterocycles. The van der Waals surface area contributed by atoms with Crippen LogP contribution in [0.3, 0.4) is 0 Å². The summed E-state index contributed by atoms with van der Waals surface area (Å²) < 4.78 is 9.15. The molecule has 2 aromatic rings. The number of amides is 2. The highest BCUT2D eigenvalue weighted by molar-refractivity contribution is 6.52. The largest absolute Gasteiger partial charge is 0.374 e. The molecule has 0 radical (unpaired) electrons. The molecule has 0 aliphatic carbocycles. The van der Waals surface area contributed by atoms with E-state index in [1.807, 2.05) is 18.2 Å². The molecule has 1 aromatic heterocycles. The van der Waals surface area contributed by atoms with Crippen LogP contribution in [0.5, 0.6) is 0 Å². The molecule has 2 fully saturated rings. The molecule has 2 aliphatic rings. The molecule has 2 saturated heterocycles. The highest BCUT2D eigenvalue weighted by atomic mass is 16.5. The van der Waals surface area contributed by atoms with Gasteiger partial charge >= 0.3 is 5.69 Å². The van der Waals surface area contributed by atoms with Gasteiger partial charge < -0.3 is 9.55 Å². The molecule has 10 heteroatoms. The number of hydrogen-bond donors (Lipinski definition) is 1. The molecular weight excluding hydrogens is 409 g/mol. The van der Waals surface area contributed by atoms with E-state index >= 15 is 0 Å². The lowest BCUT2D eigenvalue weighted by atomic mass is 9.66. The van der Waals surface area contributed by atoms with E-state index in [0.717, 1.165) is 36.2 Å². The zero-order chi connectivity index (χ0) is 23.0. The second-order valence-electron chi connectivity index (χ2n) is 9.22. The zero-order valence-corrected chi connectivity index (χ0v) is 19.3. The van der Waals surface area contributed by atoms with Gasteiger partial charge in [-0.05, 0) is 25.1 Å². The number of morpholine rings is 1.